The predicted molar refractivity (Wildman–Crippen MR) is 89.3 cm³/mol. The largest absolute Gasteiger partial charge is 0.489 e. The molecule has 0 amide bonds. The lowest BCUT2D eigenvalue weighted by Crippen LogP contribution is -2.14. The average Bonchev–Trinajstić information content (AvgIpc) is 2.51. The molecule has 21 heavy (non-hydrogen) atoms. The Morgan fingerprint density at radius 3 is 2.43 bits per heavy atom. The molecule has 2 nitrogen and oxygen atoms in total. The summed E-state index contributed by atoms with van der Waals surface area (Å²) in [6.07, 6.45) is 1.05. The molecule has 1 unspecified atom stereocenters. The average molecular weight is 324 g/mol. The van der Waals surface area contributed by atoms with Crippen molar-refractivity contribution in [2.45, 2.75) is 26.0 Å². The standard InChI is InChI=1S/C17H19Cl2NO/c1-3-17(20-2)12-4-7-15(8-5-12)21-11-13-10-14(18)6-9-16(13)19/h4-10,17,20H,3,11H2,1-2H3. The second kappa shape index (κ2) is 7.69. The van der Waals surface area contributed by atoms with Crippen LogP contribution in [0.5, 0.6) is 5.75 Å². The smallest absolute Gasteiger partial charge is 0.119 e. The zero-order valence-electron chi connectivity index (χ0n) is 12.2. The molecule has 0 aliphatic heterocycles. The fraction of sp³-hybridized carbons (Fsp3) is 0.294. The molecule has 4 heteroatoms. The molecule has 0 spiro atoms. The van der Waals surface area contributed by atoms with Crippen LogP contribution in [0.1, 0.15) is 30.5 Å². The van der Waals surface area contributed by atoms with Crippen LogP contribution in [0.2, 0.25) is 10.0 Å². The van der Waals surface area contributed by atoms with E-state index < -0.39 is 0 Å². The van der Waals surface area contributed by atoms with Crippen molar-refractivity contribution in [1.82, 2.24) is 5.32 Å². The summed E-state index contributed by atoms with van der Waals surface area (Å²) in [5.74, 6) is 0.820. The minimum atomic E-state index is 0.376. The van der Waals surface area contributed by atoms with E-state index in [1.165, 1.54) is 5.56 Å². The van der Waals surface area contributed by atoms with E-state index in [1.807, 2.05) is 25.2 Å². The molecule has 2 aromatic rings. The Bertz CT molecular complexity index is 580. The molecule has 0 radical (unpaired) electrons. The molecule has 0 saturated heterocycles. The first-order chi connectivity index (χ1) is 10.1. The SMILES string of the molecule is CCC(NC)c1ccc(OCc2cc(Cl)ccc2Cl)cc1. The number of benzene rings is 2. The zero-order chi connectivity index (χ0) is 15.2. The molecule has 1 N–H and O–H groups in total. The van der Waals surface area contributed by atoms with Crippen molar-refractivity contribution < 1.29 is 4.74 Å². The molecule has 2 aromatic carbocycles. The summed E-state index contributed by atoms with van der Waals surface area (Å²) in [6, 6.07) is 13.9. The second-order valence-electron chi connectivity index (χ2n) is 4.84. The molecule has 2 rings (SSSR count). The minimum Gasteiger partial charge on any atom is -0.489 e. The van der Waals surface area contributed by atoms with Gasteiger partial charge in [0.2, 0.25) is 0 Å². The van der Waals surface area contributed by atoms with Gasteiger partial charge in [-0.2, -0.15) is 0 Å². The van der Waals surface area contributed by atoms with E-state index in [4.69, 9.17) is 27.9 Å². The van der Waals surface area contributed by atoms with Gasteiger partial charge < -0.3 is 10.1 Å². The highest BCUT2D eigenvalue weighted by Gasteiger charge is 2.07. The maximum Gasteiger partial charge on any atom is 0.119 e. The van der Waals surface area contributed by atoms with Crippen molar-refractivity contribution in [1.29, 1.82) is 0 Å². The lowest BCUT2D eigenvalue weighted by Gasteiger charge is -2.15. The third kappa shape index (κ3) is 4.37. The quantitative estimate of drug-likeness (QED) is 0.784. The number of nitrogens with one attached hydrogen (secondary N) is 1. The predicted octanol–water partition coefficient (Wildman–Crippen LogP) is 5.24. The summed E-state index contributed by atoms with van der Waals surface area (Å²) in [6.45, 7) is 2.56. The molecule has 0 fully saturated rings. The van der Waals surface area contributed by atoms with E-state index in [0.29, 0.717) is 22.7 Å². The summed E-state index contributed by atoms with van der Waals surface area (Å²) in [5.41, 5.74) is 2.14. The van der Waals surface area contributed by atoms with E-state index in [-0.39, 0.29) is 0 Å². The van der Waals surface area contributed by atoms with Gasteiger partial charge in [-0.1, -0.05) is 42.3 Å². The third-order valence-corrected chi connectivity index (χ3v) is 4.05. The van der Waals surface area contributed by atoms with Gasteiger partial charge in [-0.15, -0.1) is 0 Å². The molecule has 0 aliphatic rings. The number of hydrogen-bond acceptors (Lipinski definition) is 2. The number of rotatable bonds is 6. The van der Waals surface area contributed by atoms with E-state index >= 15 is 0 Å². The molecule has 112 valence electrons. The monoisotopic (exact) mass is 323 g/mol. The Morgan fingerprint density at radius 1 is 1.10 bits per heavy atom. The van der Waals surface area contributed by atoms with E-state index in [1.54, 1.807) is 12.1 Å². The fourth-order valence-corrected chi connectivity index (χ4v) is 2.58. The topological polar surface area (TPSA) is 21.3 Å². The van der Waals surface area contributed by atoms with Crippen LogP contribution in [0.4, 0.5) is 0 Å². The van der Waals surface area contributed by atoms with Crippen LogP contribution in [-0.4, -0.2) is 7.05 Å². The highest BCUT2D eigenvalue weighted by molar-refractivity contribution is 6.33. The van der Waals surface area contributed by atoms with Crippen molar-refractivity contribution in [3.8, 4) is 5.75 Å². The summed E-state index contributed by atoms with van der Waals surface area (Å²) in [4.78, 5) is 0. The summed E-state index contributed by atoms with van der Waals surface area (Å²) < 4.78 is 5.77. The summed E-state index contributed by atoms with van der Waals surface area (Å²) in [7, 11) is 1.97. The Hall–Kier alpha value is -1.22. The van der Waals surface area contributed by atoms with Crippen LogP contribution in [0.3, 0.4) is 0 Å². The normalized spacial score (nSPS) is 12.2. The maximum atomic E-state index is 6.12. The van der Waals surface area contributed by atoms with Gasteiger partial charge in [-0.3, -0.25) is 0 Å². The highest BCUT2D eigenvalue weighted by Crippen LogP contribution is 2.24. The van der Waals surface area contributed by atoms with E-state index in [0.717, 1.165) is 17.7 Å². The van der Waals surface area contributed by atoms with Crippen LogP contribution in [0, 0.1) is 0 Å². The first-order valence-electron chi connectivity index (χ1n) is 6.98. The number of hydrogen-bond donors (Lipinski definition) is 1. The van der Waals surface area contributed by atoms with Gasteiger partial charge in [0.15, 0.2) is 0 Å². The van der Waals surface area contributed by atoms with Gasteiger partial charge in [0.1, 0.15) is 12.4 Å². The van der Waals surface area contributed by atoms with Gasteiger partial charge in [0, 0.05) is 21.7 Å². The first-order valence-corrected chi connectivity index (χ1v) is 7.73. The Kier molecular flexibility index (Phi) is 5.92. The lowest BCUT2D eigenvalue weighted by atomic mass is 10.0. The van der Waals surface area contributed by atoms with E-state index in [9.17, 15) is 0 Å². The molecule has 0 aliphatic carbocycles. The molecule has 0 heterocycles. The number of ether oxygens (including phenoxy) is 1. The minimum absolute atomic E-state index is 0.376. The summed E-state index contributed by atoms with van der Waals surface area (Å²) in [5, 5.41) is 4.61. The second-order valence-corrected chi connectivity index (χ2v) is 5.69. The molecule has 0 bridgehead atoms. The molecule has 1 atom stereocenters. The highest BCUT2D eigenvalue weighted by atomic mass is 35.5. The fourth-order valence-electron chi connectivity index (χ4n) is 2.22. The zero-order valence-corrected chi connectivity index (χ0v) is 13.7. The van der Waals surface area contributed by atoms with Gasteiger partial charge in [-0.05, 0) is 49.4 Å². The molecular formula is C17H19Cl2NO. The van der Waals surface area contributed by atoms with Crippen molar-refractivity contribution in [2.24, 2.45) is 0 Å². The molecule has 0 saturated carbocycles. The number of halogens is 2. The third-order valence-electron chi connectivity index (χ3n) is 3.44. The van der Waals surface area contributed by atoms with E-state index in [2.05, 4.69) is 24.4 Å². The Balaban J connectivity index is 2.02. The van der Waals surface area contributed by atoms with Crippen LogP contribution in [-0.2, 0) is 6.61 Å². The lowest BCUT2D eigenvalue weighted by molar-refractivity contribution is 0.306. The van der Waals surface area contributed by atoms with Crippen molar-refractivity contribution in [3.63, 3.8) is 0 Å². The van der Waals surface area contributed by atoms with Crippen molar-refractivity contribution in [2.75, 3.05) is 7.05 Å². The van der Waals surface area contributed by atoms with Crippen LogP contribution >= 0.6 is 23.2 Å². The summed E-state index contributed by atoms with van der Waals surface area (Å²) >= 11 is 12.1. The molecule has 0 aromatic heterocycles. The van der Waals surface area contributed by atoms with Gasteiger partial charge in [0.25, 0.3) is 0 Å². The van der Waals surface area contributed by atoms with Gasteiger partial charge in [0.05, 0.1) is 0 Å². The van der Waals surface area contributed by atoms with Crippen molar-refractivity contribution in [3.05, 3.63) is 63.6 Å². The van der Waals surface area contributed by atoms with Crippen molar-refractivity contribution >= 4 is 23.2 Å². The maximum absolute atomic E-state index is 6.12. The van der Waals surface area contributed by atoms with Crippen LogP contribution in [0.15, 0.2) is 42.5 Å². The van der Waals surface area contributed by atoms with Crippen LogP contribution < -0.4 is 10.1 Å². The Labute approximate surface area is 136 Å². The molecular weight excluding hydrogens is 305 g/mol. The van der Waals surface area contributed by atoms with Gasteiger partial charge >= 0.3 is 0 Å². The first kappa shape index (κ1) is 16.2. The van der Waals surface area contributed by atoms with Gasteiger partial charge in [-0.25, -0.2) is 0 Å². The van der Waals surface area contributed by atoms with Crippen LogP contribution in [0.25, 0.3) is 0 Å². The Morgan fingerprint density at radius 2 is 1.81 bits per heavy atom.